The van der Waals surface area contributed by atoms with E-state index in [0.717, 1.165) is 6.07 Å². The second-order valence-corrected chi connectivity index (χ2v) is 8.60. The number of ether oxygens (including phenoxy) is 1. The van der Waals surface area contributed by atoms with Gasteiger partial charge in [0.1, 0.15) is 11.9 Å². The number of anilines is 2. The Morgan fingerprint density at radius 1 is 1.23 bits per heavy atom. The molecule has 0 amide bonds. The summed E-state index contributed by atoms with van der Waals surface area (Å²) in [6, 6.07) is 5.59. The highest BCUT2D eigenvalue weighted by atomic mass is 32.2. The van der Waals surface area contributed by atoms with Crippen LogP contribution in [0.15, 0.2) is 53.9 Å². The van der Waals surface area contributed by atoms with Crippen molar-refractivity contribution >= 4 is 21.8 Å². The Kier molecular flexibility index (Phi) is 5.66. The Bertz CT molecular complexity index is 1150. The molecule has 1 aliphatic rings. The number of aryl methyl sites for hydroxylation is 1. The minimum Gasteiger partial charge on any atom is -0.369 e. The van der Waals surface area contributed by atoms with E-state index in [-0.39, 0.29) is 24.6 Å². The lowest BCUT2D eigenvalue weighted by Crippen LogP contribution is -2.42. The summed E-state index contributed by atoms with van der Waals surface area (Å²) in [5, 5.41) is 2.94. The second kappa shape index (κ2) is 8.38. The molecule has 1 unspecified atom stereocenters. The largest absolute Gasteiger partial charge is 0.369 e. The summed E-state index contributed by atoms with van der Waals surface area (Å²) in [6.07, 6.45) is 5.59. The Morgan fingerprint density at radius 2 is 2.03 bits per heavy atom. The average molecular weight is 430 g/mol. The molecule has 11 heteroatoms. The third-order valence-electron chi connectivity index (χ3n) is 4.60. The Labute approximate surface area is 173 Å². The zero-order chi connectivity index (χ0) is 21.1. The number of morpholine rings is 1. The van der Waals surface area contributed by atoms with Crippen molar-refractivity contribution in [2.24, 2.45) is 0 Å². The summed E-state index contributed by atoms with van der Waals surface area (Å²) >= 11 is 0. The van der Waals surface area contributed by atoms with Crippen molar-refractivity contribution < 1.29 is 17.5 Å². The van der Waals surface area contributed by atoms with E-state index in [1.807, 2.05) is 0 Å². The van der Waals surface area contributed by atoms with Crippen LogP contribution >= 0.6 is 0 Å². The number of hydrogen-bond acceptors (Lipinski definition) is 8. The van der Waals surface area contributed by atoms with Crippen LogP contribution in [0.1, 0.15) is 17.4 Å². The van der Waals surface area contributed by atoms with E-state index in [1.165, 1.54) is 28.8 Å². The molecule has 1 aromatic carbocycles. The van der Waals surface area contributed by atoms with Crippen LogP contribution in [0.5, 0.6) is 0 Å². The van der Waals surface area contributed by atoms with Crippen molar-refractivity contribution in [1.82, 2.24) is 24.2 Å². The average Bonchev–Trinajstić information content (AvgIpc) is 2.76. The molecule has 0 bridgehead atoms. The van der Waals surface area contributed by atoms with E-state index in [9.17, 15) is 12.8 Å². The Morgan fingerprint density at radius 3 is 2.80 bits per heavy atom. The molecule has 3 aromatic rings. The molecule has 0 radical (unpaired) electrons. The summed E-state index contributed by atoms with van der Waals surface area (Å²) < 4.78 is 46.9. The molecular weight excluding hydrogens is 411 g/mol. The van der Waals surface area contributed by atoms with Crippen LogP contribution in [0.25, 0.3) is 0 Å². The van der Waals surface area contributed by atoms with Crippen LogP contribution in [-0.4, -0.2) is 52.4 Å². The van der Waals surface area contributed by atoms with E-state index in [2.05, 4.69) is 25.3 Å². The summed E-state index contributed by atoms with van der Waals surface area (Å²) in [5.74, 6) is 0.204. The van der Waals surface area contributed by atoms with E-state index >= 15 is 0 Å². The van der Waals surface area contributed by atoms with Crippen molar-refractivity contribution in [1.29, 1.82) is 0 Å². The molecule has 2 aromatic heterocycles. The van der Waals surface area contributed by atoms with E-state index < -0.39 is 21.9 Å². The fraction of sp³-hybridized carbons (Fsp3) is 0.263. The number of hydrogen-bond donors (Lipinski definition) is 1. The second-order valence-electron chi connectivity index (χ2n) is 6.66. The molecule has 3 heterocycles. The minimum absolute atomic E-state index is 0.0395. The number of aromatic nitrogens is 4. The van der Waals surface area contributed by atoms with E-state index in [0.29, 0.717) is 23.0 Å². The normalized spacial score (nSPS) is 17.6. The first-order valence-electron chi connectivity index (χ1n) is 9.17. The van der Waals surface area contributed by atoms with Gasteiger partial charge in [0.15, 0.2) is 5.82 Å². The Hall–Kier alpha value is -3.02. The third-order valence-corrected chi connectivity index (χ3v) is 6.46. The van der Waals surface area contributed by atoms with Crippen molar-refractivity contribution in [3.8, 4) is 0 Å². The lowest BCUT2D eigenvalue weighted by atomic mass is 10.2. The Balaban J connectivity index is 1.54. The van der Waals surface area contributed by atoms with Gasteiger partial charge >= 0.3 is 0 Å². The maximum Gasteiger partial charge on any atom is 0.243 e. The van der Waals surface area contributed by atoms with Gasteiger partial charge in [-0.3, -0.25) is 4.98 Å². The van der Waals surface area contributed by atoms with Gasteiger partial charge in [-0.25, -0.2) is 27.8 Å². The van der Waals surface area contributed by atoms with Crippen molar-refractivity contribution in [2.45, 2.75) is 17.9 Å². The number of sulfonamides is 1. The zero-order valence-electron chi connectivity index (χ0n) is 16.1. The molecule has 30 heavy (non-hydrogen) atoms. The first-order chi connectivity index (χ1) is 14.4. The van der Waals surface area contributed by atoms with E-state index in [1.54, 1.807) is 25.4 Å². The summed E-state index contributed by atoms with van der Waals surface area (Å²) in [5.41, 5.74) is 0.849. The molecule has 1 atom stereocenters. The number of nitrogens with one attached hydrogen (secondary N) is 1. The number of benzene rings is 1. The number of halogens is 1. The highest BCUT2D eigenvalue weighted by Gasteiger charge is 2.32. The van der Waals surface area contributed by atoms with Crippen LogP contribution in [0.2, 0.25) is 0 Å². The maximum atomic E-state index is 13.9. The van der Waals surface area contributed by atoms with Gasteiger partial charge < -0.3 is 10.1 Å². The molecule has 1 fully saturated rings. The minimum atomic E-state index is -3.87. The summed E-state index contributed by atoms with van der Waals surface area (Å²) in [7, 11) is -3.87. The molecule has 9 nitrogen and oxygen atoms in total. The molecule has 1 N–H and O–H groups in total. The molecular formula is C19H19FN6O3S. The van der Waals surface area contributed by atoms with Crippen molar-refractivity contribution in [3.63, 3.8) is 0 Å². The topological polar surface area (TPSA) is 110 Å². The van der Waals surface area contributed by atoms with Gasteiger partial charge in [-0.05, 0) is 30.7 Å². The van der Waals surface area contributed by atoms with Crippen molar-refractivity contribution in [3.05, 3.63) is 66.1 Å². The smallest absolute Gasteiger partial charge is 0.243 e. The molecule has 0 aliphatic carbocycles. The van der Waals surface area contributed by atoms with Gasteiger partial charge in [0.25, 0.3) is 0 Å². The SMILES string of the molecule is Cc1ccc(S(=O)(=O)N2CCOC(c3cncc(Nc4ncccn4)n3)C2)cc1F. The van der Waals surface area contributed by atoms with Crippen LogP contribution < -0.4 is 5.32 Å². The summed E-state index contributed by atoms with van der Waals surface area (Å²) in [6.45, 7) is 1.96. The predicted molar refractivity (Wildman–Crippen MR) is 106 cm³/mol. The molecule has 1 aliphatic heterocycles. The van der Waals surface area contributed by atoms with Gasteiger partial charge in [0.2, 0.25) is 16.0 Å². The van der Waals surface area contributed by atoms with Crippen LogP contribution in [0.4, 0.5) is 16.2 Å². The van der Waals surface area contributed by atoms with Gasteiger partial charge in [-0.2, -0.15) is 4.31 Å². The highest BCUT2D eigenvalue weighted by Crippen LogP contribution is 2.26. The number of nitrogens with zero attached hydrogens (tertiary/aromatic N) is 5. The monoisotopic (exact) mass is 430 g/mol. The standard InChI is InChI=1S/C19H19FN6O3S/c1-13-3-4-14(9-15(13)20)30(27,28)26-7-8-29-17(12-26)16-10-21-11-18(24-16)25-19-22-5-2-6-23-19/h2-6,9-11,17H,7-8,12H2,1H3,(H,22,23,24,25). The van der Waals surface area contributed by atoms with Crippen molar-refractivity contribution in [2.75, 3.05) is 25.0 Å². The van der Waals surface area contributed by atoms with Gasteiger partial charge in [-0.1, -0.05) is 6.07 Å². The van der Waals surface area contributed by atoms with Gasteiger partial charge in [0, 0.05) is 25.5 Å². The molecule has 0 saturated carbocycles. The van der Waals surface area contributed by atoms with Crippen LogP contribution in [-0.2, 0) is 14.8 Å². The quantitative estimate of drug-likeness (QED) is 0.656. The van der Waals surface area contributed by atoms with Gasteiger partial charge in [0.05, 0.1) is 29.6 Å². The first-order valence-corrected chi connectivity index (χ1v) is 10.6. The predicted octanol–water partition coefficient (Wildman–Crippen LogP) is 2.22. The number of rotatable bonds is 5. The zero-order valence-corrected chi connectivity index (χ0v) is 16.9. The van der Waals surface area contributed by atoms with E-state index in [4.69, 9.17) is 4.74 Å². The molecule has 156 valence electrons. The first kappa shape index (κ1) is 20.3. The molecule has 0 spiro atoms. The maximum absolute atomic E-state index is 13.9. The highest BCUT2D eigenvalue weighted by molar-refractivity contribution is 7.89. The van der Waals surface area contributed by atoms with Gasteiger partial charge in [-0.15, -0.1) is 0 Å². The molecule has 4 rings (SSSR count). The molecule has 1 saturated heterocycles. The lowest BCUT2D eigenvalue weighted by Gasteiger charge is -2.31. The fourth-order valence-electron chi connectivity index (χ4n) is 2.98. The summed E-state index contributed by atoms with van der Waals surface area (Å²) in [4.78, 5) is 16.6. The van der Waals surface area contributed by atoms with Crippen LogP contribution in [0, 0.1) is 12.7 Å². The third kappa shape index (κ3) is 4.27. The lowest BCUT2D eigenvalue weighted by molar-refractivity contribution is -0.00507. The fourth-order valence-corrected chi connectivity index (χ4v) is 4.42. The van der Waals surface area contributed by atoms with Crippen LogP contribution in [0.3, 0.4) is 0 Å².